The highest BCUT2D eigenvalue weighted by Gasteiger charge is 2.21. The van der Waals surface area contributed by atoms with Crippen LogP contribution in [0.4, 0.5) is 0 Å². The molecule has 1 aromatic rings. The van der Waals surface area contributed by atoms with Crippen LogP contribution in [0.3, 0.4) is 0 Å². The number of hydrogen-bond acceptors (Lipinski definition) is 3. The molecule has 1 rings (SSSR count). The lowest BCUT2D eigenvalue weighted by atomic mass is 9.93. The van der Waals surface area contributed by atoms with Crippen LogP contribution in [-0.4, -0.2) is 38.7 Å². The van der Waals surface area contributed by atoms with Gasteiger partial charge in [0.15, 0.2) is 0 Å². The lowest BCUT2D eigenvalue weighted by Gasteiger charge is -2.32. The van der Waals surface area contributed by atoms with Gasteiger partial charge in [0.05, 0.1) is 7.11 Å². The molecule has 0 aromatic heterocycles. The Hall–Kier alpha value is -1.06. The number of nitrogens with one attached hydrogen (secondary N) is 1. The van der Waals surface area contributed by atoms with Gasteiger partial charge in [-0.25, -0.2) is 0 Å². The average Bonchev–Trinajstić information content (AvgIpc) is 2.50. The molecule has 21 heavy (non-hydrogen) atoms. The van der Waals surface area contributed by atoms with E-state index in [0.717, 1.165) is 18.2 Å². The van der Waals surface area contributed by atoms with E-state index in [1.807, 2.05) is 6.07 Å². The van der Waals surface area contributed by atoms with E-state index >= 15 is 0 Å². The highest BCUT2D eigenvalue weighted by molar-refractivity contribution is 5.30. The Labute approximate surface area is 130 Å². The average molecular weight is 292 g/mol. The molecule has 0 aliphatic rings. The van der Waals surface area contributed by atoms with Gasteiger partial charge in [0.2, 0.25) is 0 Å². The van der Waals surface area contributed by atoms with Crippen LogP contribution in [0, 0.1) is 5.92 Å². The highest BCUT2D eigenvalue weighted by Crippen LogP contribution is 2.20. The van der Waals surface area contributed by atoms with E-state index in [1.165, 1.54) is 18.4 Å². The van der Waals surface area contributed by atoms with Crippen molar-refractivity contribution in [2.45, 2.75) is 45.7 Å². The number of nitrogens with zero attached hydrogens (tertiary/aromatic N) is 1. The van der Waals surface area contributed by atoms with Crippen LogP contribution in [0.5, 0.6) is 5.75 Å². The van der Waals surface area contributed by atoms with E-state index in [4.69, 9.17) is 4.74 Å². The molecule has 0 aliphatic heterocycles. The summed E-state index contributed by atoms with van der Waals surface area (Å²) in [5.41, 5.74) is 1.27. The van der Waals surface area contributed by atoms with Crippen LogP contribution in [0.15, 0.2) is 24.3 Å². The Morgan fingerprint density at radius 3 is 2.38 bits per heavy atom. The van der Waals surface area contributed by atoms with Crippen LogP contribution in [-0.2, 0) is 0 Å². The standard InChI is InChI=1S/C18H32N2O/c1-7-15(8-2)18(20(4)5)13-19-14(3)16-10-9-11-17(12-16)21-6/h9-12,14-15,18-19H,7-8,13H2,1-6H3. The maximum absolute atomic E-state index is 5.31. The zero-order valence-electron chi connectivity index (χ0n) is 14.5. The zero-order chi connectivity index (χ0) is 15.8. The number of benzene rings is 1. The highest BCUT2D eigenvalue weighted by atomic mass is 16.5. The third-order valence-electron chi connectivity index (χ3n) is 4.48. The Bertz CT molecular complexity index is 402. The Balaban J connectivity index is 2.66. The fourth-order valence-electron chi connectivity index (χ4n) is 2.93. The number of rotatable bonds is 9. The molecular formula is C18H32N2O. The first-order valence-corrected chi connectivity index (χ1v) is 8.07. The normalized spacial score (nSPS) is 14.5. The van der Waals surface area contributed by atoms with Crippen LogP contribution >= 0.6 is 0 Å². The van der Waals surface area contributed by atoms with Crippen molar-refractivity contribution in [3.8, 4) is 5.75 Å². The molecule has 1 aromatic carbocycles. The van der Waals surface area contributed by atoms with Crippen LogP contribution in [0.25, 0.3) is 0 Å². The first-order valence-electron chi connectivity index (χ1n) is 8.07. The third-order valence-corrected chi connectivity index (χ3v) is 4.48. The molecule has 0 amide bonds. The molecule has 0 spiro atoms. The van der Waals surface area contributed by atoms with Gasteiger partial charge in [0.1, 0.15) is 5.75 Å². The molecule has 3 nitrogen and oxygen atoms in total. The van der Waals surface area contributed by atoms with E-state index in [9.17, 15) is 0 Å². The van der Waals surface area contributed by atoms with Gasteiger partial charge in [-0.05, 0) is 44.6 Å². The molecule has 0 bridgehead atoms. The molecular weight excluding hydrogens is 260 g/mol. The first kappa shape index (κ1) is 18.0. The fraction of sp³-hybridized carbons (Fsp3) is 0.667. The van der Waals surface area contributed by atoms with Crippen molar-refractivity contribution < 1.29 is 4.74 Å². The van der Waals surface area contributed by atoms with Crippen LogP contribution < -0.4 is 10.1 Å². The SMILES string of the molecule is CCC(CC)C(CNC(C)c1cccc(OC)c1)N(C)C. The summed E-state index contributed by atoms with van der Waals surface area (Å²) < 4.78 is 5.31. The minimum Gasteiger partial charge on any atom is -0.497 e. The molecule has 0 heterocycles. The van der Waals surface area contributed by atoms with Gasteiger partial charge in [0.25, 0.3) is 0 Å². The van der Waals surface area contributed by atoms with Crippen molar-refractivity contribution in [2.24, 2.45) is 5.92 Å². The van der Waals surface area contributed by atoms with Crippen LogP contribution in [0.2, 0.25) is 0 Å². The second-order valence-corrected chi connectivity index (χ2v) is 6.01. The van der Waals surface area contributed by atoms with Crippen LogP contribution in [0.1, 0.15) is 45.2 Å². The van der Waals surface area contributed by atoms with Gasteiger partial charge in [0, 0.05) is 18.6 Å². The summed E-state index contributed by atoms with van der Waals surface area (Å²) in [6.07, 6.45) is 2.46. The molecule has 0 radical (unpaired) electrons. The van der Waals surface area contributed by atoms with E-state index in [1.54, 1.807) is 7.11 Å². The van der Waals surface area contributed by atoms with Crippen molar-refractivity contribution in [3.63, 3.8) is 0 Å². The topological polar surface area (TPSA) is 24.5 Å². The lowest BCUT2D eigenvalue weighted by molar-refractivity contribution is 0.190. The van der Waals surface area contributed by atoms with Gasteiger partial charge in [-0.1, -0.05) is 38.8 Å². The van der Waals surface area contributed by atoms with Crippen molar-refractivity contribution in [2.75, 3.05) is 27.7 Å². The van der Waals surface area contributed by atoms with Gasteiger partial charge >= 0.3 is 0 Å². The van der Waals surface area contributed by atoms with Crippen molar-refractivity contribution in [1.29, 1.82) is 0 Å². The van der Waals surface area contributed by atoms with Crippen molar-refractivity contribution in [1.82, 2.24) is 10.2 Å². The summed E-state index contributed by atoms with van der Waals surface area (Å²) in [4.78, 5) is 2.35. The van der Waals surface area contributed by atoms with Gasteiger partial charge in [-0.15, -0.1) is 0 Å². The summed E-state index contributed by atoms with van der Waals surface area (Å²) in [6, 6.07) is 9.21. The van der Waals surface area contributed by atoms with E-state index in [0.29, 0.717) is 12.1 Å². The summed E-state index contributed by atoms with van der Waals surface area (Å²) in [5.74, 6) is 1.66. The maximum atomic E-state index is 5.31. The number of hydrogen-bond donors (Lipinski definition) is 1. The van der Waals surface area contributed by atoms with Crippen molar-refractivity contribution >= 4 is 0 Å². The smallest absolute Gasteiger partial charge is 0.119 e. The summed E-state index contributed by atoms with van der Waals surface area (Å²) in [5, 5.41) is 3.68. The van der Waals surface area contributed by atoms with E-state index < -0.39 is 0 Å². The number of ether oxygens (including phenoxy) is 1. The third kappa shape index (κ3) is 5.33. The monoisotopic (exact) mass is 292 g/mol. The second kappa shape index (κ2) is 9.06. The van der Waals surface area contributed by atoms with Crippen molar-refractivity contribution in [3.05, 3.63) is 29.8 Å². The zero-order valence-corrected chi connectivity index (χ0v) is 14.5. The van der Waals surface area contributed by atoms with Gasteiger partial charge in [-0.3, -0.25) is 0 Å². The lowest BCUT2D eigenvalue weighted by Crippen LogP contribution is -2.43. The van der Waals surface area contributed by atoms with E-state index in [-0.39, 0.29) is 0 Å². The van der Waals surface area contributed by atoms with E-state index in [2.05, 4.69) is 63.3 Å². The molecule has 1 N–H and O–H groups in total. The minimum absolute atomic E-state index is 0.330. The predicted molar refractivity (Wildman–Crippen MR) is 91.0 cm³/mol. The molecule has 0 saturated carbocycles. The maximum Gasteiger partial charge on any atom is 0.119 e. The van der Waals surface area contributed by atoms with Gasteiger partial charge in [-0.2, -0.15) is 0 Å². The Morgan fingerprint density at radius 1 is 1.19 bits per heavy atom. The fourth-order valence-corrected chi connectivity index (χ4v) is 2.93. The minimum atomic E-state index is 0.330. The van der Waals surface area contributed by atoms with Gasteiger partial charge < -0.3 is 15.0 Å². The molecule has 0 saturated heterocycles. The molecule has 120 valence electrons. The summed E-state index contributed by atoms with van der Waals surface area (Å²) >= 11 is 0. The molecule has 0 fully saturated rings. The summed E-state index contributed by atoms with van der Waals surface area (Å²) in [7, 11) is 6.08. The number of methoxy groups -OCH3 is 1. The molecule has 2 unspecified atom stereocenters. The number of likely N-dealkylation sites (N-methyl/N-ethyl adjacent to an activating group) is 1. The Morgan fingerprint density at radius 2 is 1.86 bits per heavy atom. The first-order chi connectivity index (χ1) is 10.0. The largest absolute Gasteiger partial charge is 0.497 e. The molecule has 2 atom stereocenters. The quantitative estimate of drug-likeness (QED) is 0.751. The molecule has 0 aliphatic carbocycles. The molecule has 3 heteroatoms. The predicted octanol–water partition coefficient (Wildman–Crippen LogP) is 3.71. The second-order valence-electron chi connectivity index (χ2n) is 6.01. The Kier molecular flexibility index (Phi) is 7.76. The summed E-state index contributed by atoms with van der Waals surface area (Å²) in [6.45, 7) is 7.80.